The number of aromatic nitrogens is 9. The number of likely N-dealkylation sites (N-methyl/N-ethyl adjacent to an activating group) is 2. The lowest BCUT2D eigenvalue weighted by molar-refractivity contribution is -0.126. The van der Waals surface area contributed by atoms with Gasteiger partial charge in [-0.2, -0.15) is 0 Å². The molecule has 21 nitrogen and oxygen atoms in total. The van der Waals surface area contributed by atoms with E-state index in [1.807, 2.05) is 196 Å². The number of aryl methyl sites for hydroxylation is 1. The van der Waals surface area contributed by atoms with Crippen LogP contribution in [0.1, 0.15) is 292 Å². The van der Waals surface area contributed by atoms with Crippen molar-refractivity contribution in [3.8, 4) is 45.0 Å². The third kappa shape index (κ3) is 22.0. The van der Waals surface area contributed by atoms with Gasteiger partial charge in [0, 0.05) is 76.2 Å². The first-order valence-corrected chi connectivity index (χ1v) is 49.5. The van der Waals surface area contributed by atoms with E-state index in [0.717, 1.165) is 169 Å². The summed E-state index contributed by atoms with van der Waals surface area (Å²) in [5.74, 6) is 7.38. The predicted octanol–water partition coefficient (Wildman–Crippen LogP) is 25.3. The summed E-state index contributed by atoms with van der Waals surface area (Å²) in [4.78, 5) is 58.4. The van der Waals surface area contributed by atoms with Gasteiger partial charge in [-0.3, -0.25) is 14.4 Å². The summed E-state index contributed by atoms with van der Waals surface area (Å²) in [6.45, 7) is 69.1. The third-order valence-corrected chi connectivity index (χ3v) is 27.2. The molecule has 8 unspecified atom stereocenters. The Morgan fingerprint density at radius 2 is 0.761 bits per heavy atom. The highest BCUT2D eigenvalue weighted by atomic mass is 16.7. The monoisotopic (exact) mass is 1820 g/mol. The number of amides is 3. The highest BCUT2D eigenvalue weighted by Crippen LogP contribution is 2.58. The Bertz CT molecular complexity index is 5760. The summed E-state index contributed by atoms with van der Waals surface area (Å²) in [5, 5.41) is 31.2. The second kappa shape index (κ2) is 38.9. The highest BCUT2D eigenvalue weighted by molar-refractivity contribution is 6.05. The first-order chi connectivity index (χ1) is 62.6. The lowest BCUT2D eigenvalue weighted by Gasteiger charge is -2.34. The van der Waals surface area contributed by atoms with Crippen LogP contribution in [0.5, 0.6) is 0 Å². The van der Waals surface area contributed by atoms with Crippen molar-refractivity contribution in [2.24, 2.45) is 63.1 Å². The second-order valence-electron chi connectivity index (χ2n) is 47.7. The molecule has 6 aromatic carbocycles. The van der Waals surface area contributed by atoms with Crippen LogP contribution in [0.2, 0.25) is 0 Å². The predicted molar refractivity (Wildman–Crippen MR) is 544 cm³/mol. The van der Waals surface area contributed by atoms with E-state index in [4.69, 9.17) is 19.1 Å². The molecule has 0 radical (unpaired) electrons. The fraction of sp³-hybridized carbons (Fsp3) is 0.566. The van der Waals surface area contributed by atoms with Crippen molar-refractivity contribution in [2.75, 3.05) is 42.0 Å². The van der Waals surface area contributed by atoms with Crippen LogP contribution in [0.3, 0.4) is 0 Å². The van der Waals surface area contributed by atoms with Crippen LogP contribution in [0.25, 0.3) is 56.4 Å². The summed E-state index contributed by atoms with van der Waals surface area (Å²) in [5.41, 5.74) is 19.8. The van der Waals surface area contributed by atoms with Crippen molar-refractivity contribution in [3.63, 3.8) is 0 Å². The Balaban J connectivity index is 0.000000142. The Labute approximate surface area is 801 Å². The fourth-order valence-corrected chi connectivity index (χ4v) is 20.9. The van der Waals surface area contributed by atoms with Crippen LogP contribution in [0, 0.1) is 63.1 Å². The maximum Gasteiger partial charge on any atom is 0.232 e. The lowest BCUT2D eigenvalue weighted by Crippen LogP contribution is -2.40. The molecule has 9 aliphatic rings. The molecule has 0 spiro atoms. The van der Waals surface area contributed by atoms with Gasteiger partial charge in [0.05, 0.1) is 113 Å². The van der Waals surface area contributed by atoms with Gasteiger partial charge in [0.25, 0.3) is 0 Å². The number of carbonyl (C=O) groups excluding carboxylic acids is 3. The van der Waals surface area contributed by atoms with E-state index in [-0.39, 0.29) is 68.3 Å². The van der Waals surface area contributed by atoms with Gasteiger partial charge in [-0.1, -0.05) is 254 Å². The maximum atomic E-state index is 13.5. The third-order valence-electron chi connectivity index (χ3n) is 27.2. The summed E-state index contributed by atoms with van der Waals surface area (Å²) in [6, 6.07) is 49.6. The smallest absolute Gasteiger partial charge is 0.232 e. The number of hydrogen-bond acceptors (Lipinski definition) is 15. The molecule has 9 aromatic rings. The molecule has 0 bridgehead atoms. The summed E-state index contributed by atoms with van der Waals surface area (Å²) in [7, 11) is 4.10. The molecular weight excluding hydrogens is 1670 g/mol. The highest BCUT2D eigenvalue weighted by Gasteiger charge is 2.54. The molecule has 2 saturated carbocycles. The van der Waals surface area contributed by atoms with Gasteiger partial charge in [-0.05, 0) is 236 Å². The molecule has 3 aromatic heterocycles. The van der Waals surface area contributed by atoms with E-state index >= 15 is 0 Å². The Hall–Kier alpha value is -9.93. The SMILES string of the molecule is CC.CC(C)(C)C(=O)N1Cc2ccccc2-c2c(nnn2C(C)(C)C)-c2ccccc21.CC(C)(C)C(=O)N1Cc2ccccc2-c2nnn(C(C)(C)C)c2-c2ccccc21.CC(C)(C)OCC1C2CCc3nnn(C(C)(C)C)c3CCC21.CC(C)C(=O)N1Cc2ccccc2C2=C(c3ccccc31)C(C(C)(C)C)N(C)O2.CN1OC2=C(CCC3C(CC2)C3COC(C)(C)C)C1C(C)(C)C. The van der Waals surface area contributed by atoms with Gasteiger partial charge in [-0.15, -0.1) is 25.4 Å². The maximum absolute atomic E-state index is 13.5. The summed E-state index contributed by atoms with van der Waals surface area (Å²) in [6.07, 6.45) is 9.61. The van der Waals surface area contributed by atoms with Gasteiger partial charge in [0.15, 0.2) is 5.76 Å². The zero-order valence-electron chi connectivity index (χ0n) is 87.4. The number of nitrogens with zero attached hydrogens (tertiary/aromatic N) is 14. The molecule has 3 amide bonds. The van der Waals surface area contributed by atoms with E-state index in [1.54, 1.807) is 5.57 Å². The molecule has 4 aliphatic carbocycles. The van der Waals surface area contributed by atoms with Crippen molar-refractivity contribution in [1.29, 1.82) is 0 Å². The van der Waals surface area contributed by atoms with Crippen LogP contribution in [0.15, 0.2) is 157 Å². The largest absolute Gasteiger partial charge is 0.410 e. The van der Waals surface area contributed by atoms with E-state index < -0.39 is 10.8 Å². The van der Waals surface area contributed by atoms with Crippen LogP contribution in [-0.4, -0.2) is 123 Å². The van der Waals surface area contributed by atoms with E-state index in [1.165, 1.54) is 49.3 Å². The minimum Gasteiger partial charge on any atom is -0.410 e. The molecule has 134 heavy (non-hydrogen) atoms. The van der Waals surface area contributed by atoms with Crippen molar-refractivity contribution >= 4 is 46.1 Å². The van der Waals surface area contributed by atoms with E-state index in [0.29, 0.717) is 25.7 Å². The van der Waals surface area contributed by atoms with Crippen LogP contribution >= 0.6 is 0 Å². The van der Waals surface area contributed by atoms with Crippen LogP contribution < -0.4 is 14.7 Å². The first kappa shape index (κ1) is 101. The standard InChI is InChI=1S/C25H30N2O2.2C24H28N4O.C20H35NO2.C18H31N3O.C2H6/c1-16(2)24(28)27-15-17-11-7-8-12-18(17)22-21(19-13-9-10-14-20(19)27)23(25(3,4)5)26(6)29-22;1-23(2,3)22(29)27-15-16-11-7-8-12-17(16)21-20(18-13-9-10-14-19(18)27)25-26-28(21)24(4,5)6;1-23(2,3)22(29)27-15-16-11-7-8-12-17(16)20-21(18-13-9-10-14-19(18)27)28(26-25-20)24(4,5)6;1-19(2,3)18-15-9-8-13-14(10-11-17(15)23-21(18)7)16(13)12-22-20(4,5)6;1-17(2,3)21-16-10-8-13-12(7-9-15(16)19-20-21)14(13)11-22-18(4,5)6;1-2/h7-14,16,23H,15H2,1-6H3;2*7-14H,15H2,1-6H3;13-14,16,18H,8-12H2,1-7H3;12-14H,7-11H2,1-6H3;1-2H3. The van der Waals surface area contributed by atoms with Crippen molar-refractivity contribution in [3.05, 3.63) is 196 Å². The number of carbonyl (C=O) groups is 3. The number of fused-ring (bicyclic) bond motifs is 17. The van der Waals surface area contributed by atoms with Gasteiger partial charge in [0.1, 0.15) is 17.1 Å². The van der Waals surface area contributed by atoms with Gasteiger partial charge in [-0.25, -0.2) is 14.0 Å². The Morgan fingerprint density at radius 1 is 0.396 bits per heavy atom. The van der Waals surface area contributed by atoms with Gasteiger partial charge in [0.2, 0.25) is 17.7 Å². The number of benzene rings is 6. The van der Waals surface area contributed by atoms with Gasteiger partial charge >= 0.3 is 0 Å². The first-order valence-electron chi connectivity index (χ1n) is 49.5. The van der Waals surface area contributed by atoms with E-state index in [9.17, 15) is 14.4 Å². The zero-order chi connectivity index (χ0) is 98.0. The lowest BCUT2D eigenvalue weighted by atomic mass is 9.78. The molecule has 21 heteroatoms. The van der Waals surface area contributed by atoms with E-state index in [2.05, 4.69) is 248 Å². The van der Waals surface area contributed by atoms with Crippen LogP contribution in [-0.2, 0) is 82.6 Å². The number of hydrogen-bond donors (Lipinski definition) is 0. The number of allylic oxidation sites excluding steroid dienone is 1. The number of anilines is 3. The molecule has 0 saturated heterocycles. The normalized spacial score (nSPS) is 20.9. The molecule has 5 aliphatic heterocycles. The number of ether oxygens (including phenoxy) is 2. The van der Waals surface area contributed by atoms with Crippen molar-refractivity contribution in [2.45, 2.75) is 326 Å². The number of para-hydroxylation sites is 3. The molecule has 8 atom stereocenters. The minimum absolute atomic E-state index is 0.0129. The minimum atomic E-state index is -0.493. The average Bonchev–Trinajstić information content (AvgIpc) is 1.44. The molecule has 18 rings (SSSR count). The summed E-state index contributed by atoms with van der Waals surface area (Å²) < 4.78 is 18.2. The molecule has 2 fully saturated rings. The van der Waals surface area contributed by atoms with Crippen molar-refractivity contribution < 1.29 is 33.5 Å². The molecular formula is C113H158N14O7. The van der Waals surface area contributed by atoms with Crippen LogP contribution in [0.4, 0.5) is 17.1 Å². The van der Waals surface area contributed by atoms with Gasteiger partial charge < -0.3 is 33.8 Å². The number of hydroxylamine groups is 4. The van der Waals surface area contributed by atoms with Crippen molar-refractivity contribution in [1.82, 2.24) is 55.1 Å². The Morgan fingerprint density at radius 3 is 1.23 bits per heavy atom. The molecule has 722 valence electrons. The molecule has 0 N–H and O–H groups in total. The topological polar surface area (TPSA) is 196 Å². The fourth-order valence-electron chi connectivity index (χ4n) is 20.9. The zero-order valence-corrected chi connectivity index (χ0v) is 87.4. The summed E-state index contributed by atoms with van der Waals surface area (Å²) >= 11 is 0. The quantitative estimate of drug-likeness (QED) is 0.158. The molecule has 8 heterocycles. The average molecular weight is 1820 g/mol. The second-order valence-corrected chi connectivity index (χ2v) is 47.7. The number of rotatable bonds is 5. The Kier molecular flexibility index (Phi) is 29.5.